The van der Waals surface area contributed by atoms with E-state index in [1.54, 1.807) is 54.7 Å². The zero-order valence-corrected chi connectivity index (χ0v) is 25.3. The second-order valence-electron chi connectivity index (χ2n) is 12.1. The Balaban J connectivity index is 2.18. The fraction of sp³-hybridized carbons (Fsp3) is 0.548. The third-order valence-electron chi connectivity index (χ3n) is 6.50. The zero-order chi connectivity index (χ0) is 30.8. The summed E-state index contributed by atoms with van der Waals surface area (Å²) >= 11 is 0. The van der Waals surface area contributed by atoms with Crippen LogP contribution in [0.4, 0.5) is 9.59 Å². The number of nitrogens with one attached hydrogen (secondary N) is 2. The highest BCUT2D eigenvalue weighted by Crippen LogP contribution is 2.23. The summed E-state index contributed by atoms with van der Waals surface area (Å²) in [5.74, 6) is 0.624. The Hall–Kier alpha value is -3.34. The number of rotatable bonds is 13. The smallest absolute Gasteiger partial charge is 0.408 e. The summed E-state index contributed by atoms with van der Waals surface area (Å²) < 4.78 is 10.9. The lowest BCUT2D eigenvalue weighted by molar-refractivity contribution is 0.00615. The molecular formula is C31H47N3O7. The van der Waals surface area contributed by atoms with Crippen LogP contribution in [0.5, 0.6) is 5.75 Å². The summed E-state index contributed by atoms with van der Waals surface area (Å²) in [4.78, 5) is 26.1. The van der Waals surface area contributed by atoms with Gasteiger partial charge in [-0.25, -0.2) is 9.59 Å². The number of nitrogens with zero attached hydrogens (tertiary/aromatic N) is 1. The van der Waals surface area contributed by atoms with E-state index in [9.17, 15) is 24.9 Å². The van der Waals surface area contributed by atoms with Crippen molar-refractivity contribution in [1.82, 2.24) is 15.5 Å². The molecular weight excluding hydrogens is 526 g/mol. The van der Waals surface area contributed by atoms with Crippen LogP contribution in [0.25, 0.3) is 0 Å². The first-order chi connectivity index (χ1) is 19.1. The molecule has 0 aliphatic carbocycles. The number of ether oxygens (including phenoxy) is 2. The number of amides is 2. The van der Waals surface area contributed by atoms with Gasteiger partial charge in [0.15, 0.2) is 0 Å². The van der Waals surface area contributed by atoms with Gasteiger partial charge in [-0.15, -0.1) is 0 Å². The molecule has 0 saturated carbocycles. The third-order valence-corrected chi connectivity index (χ3v) is 6.50. The lowest BCUT2D eigenvalue weighted by Gasteiger charge is -2.42. The molecule has 0 aliphatic rings. The average molecular weight is 574 g/mol. The van der Waals surface area contributed by atoms with Gasteiger partial charge in [-0.05, 0) is 71.6 Å². The first kappa shape index (κ1) is 33.9. The molecule has 41 heavy (non-hydrogen) atoms. The fourth-order valence-electron chi connectivity index (χ4n) is 4.69. The SMILES string of the molecule is COc1ccccc1C[C@H](NC(=O)OC(C)(C)C)[C@H](O)CNC[C@@H](O)[C@H](Cc1ccccc1)N(C(=O)O)C(C)(C)C. The molecule has 2 aromatic carbocycles. The molecule has 0 fully saturated rings. The first-order valence-corrected chi connectivity index (χ1v) is 13.9. The number of aliphatic hydroxyl groups excluding tert-OH is 2. The van der Waals surface area contributed by atoms with Gasteiger partial charge in [-0.2, -0.15) is 0 Å². The molecule has 2 rings (SSSR count). The minimum absolute atomic E-state index is 0.0161. The number of carboxylic acid groups (broad SMARTS) is 1. The monoisotopic (exact) mass is 573 g/mol. The molecule has 2 amide bonds. The average Bonchev–Trinajstić information content (AvgIpc) is 2.86. The number of hydrogen-bond acceptors (Lipinski definition) is 7. The largest absolute Gasteiger partial charge is 0.496 e. The molecule has 10 heteroatoms. The topological polar surface area (TPSA) is 141 Å². The second-order valence-corrected chi connectivity index (χ2v) is 12.1. The molecule has 4 atom stereocenters. The molecule has 10 nitrogen and oxygen atoms in total. The van der Waals surface area contributed by atoms with Crippen molar-refractivity contribution in [3.63, 3.8) is 0 Å². The standard InChI is InChI=1S/C31H47N3O7/c1-30(2,3)34(29(38)39)24(17-21-13-9-8-10-14-21)26(36)20-32-19-25(35)23(33-28(37)41-31(4,5)6)18-22-15-11-12-16-27(22)40-7/h8-16,23-26,32,35-36H,17-20H2,1-7H3,(H,33,37)(H,38,39)/t23-,24-,25+,26+/m0/s1. The maximum atomic E-state index is 12.6. The van der Waals surface area contributed by atoms with Crippen LogP contribution in [-0.4, -0.2) is 88.0 Å². The van der Waals surface area contributed by atoms with Gasteiger partial charge in [0.25, 0.3) is 0 Å². The molecule has 228 valence electrons. The highest BCUT2D eigenvalue weighted by Gasteiger charge is 2.37. The van der Waals surface area contributed by atoms with E-state index >= 15 is 0 Å². The minimum atomic E-state index is -1.13. The molecule has 2 aromatic rings. The summed E-state index contributed by atoms with van der Waals surface area (Å²) in [6.45, 7) is 10.7. The van der Waals surface area contributed by atoms with Crippen LogP contribution in [0.3, 0.4) is 0 Å². The van der Waals surface area contributed by atoms with Crippen molar-refractivity contribution in [2.75, 3.05) is 20.2 Å². The van der Waals surface area contributed by atoms with Gasteiger partial charge in [0.1, 0.15) is 11.4 Å². The Bertz CT molecular complexity index is 1100. The van der Waals surface area contributed by atoms with E-state index in [1.165, 1.54) is 4.90 Å². The van der Waals surface area contributed by atoms with Crippen LogP contribution in [-0.2, 0) is 17.6 Å². The van der Waals surface area contributed by atoms with Gasteiger partial charge in [-0.3, -0.25) is 4.90 Å². The fourth-order valence-corrected chi connectivity index (χ4v) is 4.69. The maximum Gasteiger partial charge on any atom is 0.408 e. The maximum absolute atomic E-state index is 12.6. The molecule has 0 heterocycles. The highest BCUT2D eigenvalue weighted by atomic mass is 16.6. The Kier molecular flexibility index (Phi) is 12.4. The first-order valence-electron chi connectivity index (χ1n) is 13.9. The minimum Gasteiger partial charge on any atom is -0.496 e. The van der Waals surface area contributed by atoms with E-state index in [0.717, 1.165) is 11.1 Å². The lowest BCUT2D eigenvalue weighted by atomic mass is 9.94. The Labute approximate surface area is 243 Å². The molecule has 0 spiro atoms. The summed E-state index contributed by atoms with van der Waals surface area (Å²) in [5, 5.41) is 38.2. The van der Waals surface area contributed by atoms with E-state index in [-0.39, 0.29) is 19.5 Å². The zero-order valence-electron chi connectivity index (χ0n) is 25.3. The van der Waals surface area contributed by atoms with Gasteiger partial charge < -0.3 is 35.4 Å². The normalized spacial score (nSPS) is 14.9. The summed E-state index contributed by atoms with van der Waals surface area (Å²) in [6.07, 6.45) is -3.36. The summed E-state index contributed by atoms with van der Waals surface area (Å²) in [5.41, 5.74) is 0.206. The number of aliphatic hydroxyl groups is 2. The Morgan fingerprint density at radius 2 is 1.46 bits per heavy atom. The van der Waals surface area contributed by atoms with Crippen molar-refractivity contribution in [1.29, 1.82) is 0 Å². The molecule has 5 N–H and O–H groups in total. The Morgan fingerprint density at radius 1 is 0.878 bits per heavy atom. The van der Waals surface area contributed by atoms with Crippen LogP contribution in [0.15, 0.2) is 54.6 Å². The molecule has 0 bridgehead atoms. The number of carbonyl (C=O) groups is 2. The molecule has 0 saturated heterocycles. The number of carbonyl (C=O) groups excluding carboxylic acids is 1. The van der Waals surface area contributed by atoms with E-state index < -0.39 is 47.6 Å². The number of benzene rings is 2. The number of para-hydroxylation sites is 1. The quantitative estimate of drug-likeness (QED) is 0.244. The number of hydrogen-bond donors (Lipinski definition) is 5. The van der Waals surface area contributed by atoms with Crippen LogP contribution < -0.4 is 15.4 Å². The van der Waals surface area contributed by atoms with Crippen molar-refractivity contribution >= 4 is 12.2 Å². The van der Waals surface area contributed by atoms with Crippen LogP contribution >= 0.6 is 0 Å². The van der Waals surface area contributed by atoms with Crippen LogP contribution in [0, 0.1) is 0 Å². The van der Waals surface area contributed by atoms with Gasteiger partial charge in [0, 0.05) is 18.6 Å². The Morgan fingerprint density at radius 3 is 2.02 bits per heavy atom. The van der Waals surface area contributed by atoms with Crippen molar-refractivity contribution in [2.24, 2.45) is 0 Å². The van der Waals surface area contributed by atoms with Gasteiger partial charge in [0.05, 0.1) is 31.4 Å². The van der Waals surface area contributed by atoms with Crippen molar-refractivity contribution in [2.45, 2.75) is 89.8 Å². The highest BCUT2D eigenvalue weighted by molar-refractivity contribution is 5.68. The van der Waals surface area contributed by atoms with Crippen molar-refractivity contribution in [3.8, 4) is 5.75 Å². The molecule has 0 aromatic heterocycles. The van der Waals surface area contributed by atoms with E-state index in [4.69, 9.17) is 9.47 Å². The molecule has 0 unspecified atom stereocenters. The van der Waals surface area contributed by atoms with Gasteiger partial charge in [0.2, 0.25) is 0 Å². The number of methoxy groups -OCH3 is 1. The summed E-state index contributed by atoms with van der Waals surface area (Å²) in [7, 11) is 1.55. The predicted octanol–water partition coefficient (Wildman–Crippen LogP) is 3.83. The third kappa shape index (κ3) is 11.2. The lowest BCUT2D eigenvalue weighted by Crippen LogP contribution is -2.58. The van der Waals surface area contributed by atoms with Crippen LogP contribution in [0.2, 0.25) is 0 Å². The van der Waals surface area contributed by atoms with E-state index in [1.807, 2.05) is 48.5 Å². The summed E-state index contributed by atoms with van der Waals surface area (Å²) in [6, 6.07) is 15.3. The van der Waals surface area contributed by atoms with Gasteiger partial charge in [-0.1, -0.05) is 48.5 Å². The van der Waals surface area contributed by atoms with Crippen LogP contribution in [0.1, 0.15) is 52.7 Å². The van der Waals surface area contributed by atoms with Crippen molar-refractivity contribution < 1.29 is 34.4 Å². The number of alkyl carbamates (subject to hydrolysis) is 1. The van der Waals surface area contributed by atoms with E-state index in [2.05, 4.69) is 10.6 Å². The second kappa shape index (κ2) is 15.0. The molecule has 0 aliphatic heterocycles. The predicted molar refractivity (Wildman–Crippen MR) is 158 cm³/mol. The van der Waals surface area contributed by atoms with E-state index in [0.29, 0.717) is 12.2 Å². The van der Waals surface area contributed by atoms with Crippen molar-refractivity contribution in [3.05, 3.63) is 65.7 Å². The molecule has 0 radical (unpaired) electrons. The van der Waals surface area contributed by atoms with Gasteiger partial charge >= 0.3 is 12.2 Å².